The zero-order valence-electron chi connectivity index (χ0n) is 17.3. The van der Waals surface area contributed by atoms with E-state index in [4.69, 9.17) is 14.5 Å². The van der Waals surface area contributed by atoms with Crippen molar-refractivity contribution in [3.05, 3.63) is 57.8 Å². The number of nitrogens with zero attached hydrogens (tertiary/aromatic N) is 2. The molecule has 2 aromatic rings. The van der Waals surface area contributed by atoms with Crippen molar-refractivity contribution in [3.63, 3.8) is 0 Å². The molecule has 160 valence electrons. The minimum atomic E-state index is 0. The highest BCUT2D eigenvalue weighted by Crippen LogP contribution is 2.14. The van der Waals surface area contributed by atoms with E-state index >= 15 is 0 Å². The van der Waals surface area contributed by atoms with Gasteiger partial charge in [-0.25, -0.2) is 4.99 Å². The Morgan fingerprint density at radius 1 is 1.17 bits per heavy atom. The summed E-state index contributed by atoms with van der Waals surface area (Å²) in [4.78, 5) is 6.97. The Hall–Kier alpha value is -1.16. The number of nitrogens with one attached hydrogen (secondary N) is 1. The lowest BCUT2D eigenvalue weighted by Gasteiger charge is -2.22. The SMILES string of the molecule is CCNC(=NCc1ccc(COC2CCOCC2)cc1)N(C)Cc1ccsc1.I. The number of halogens is 1. The number of thiophene rings is 1. The van der Waals surface area contributed by atoms with E-state index in [9.17, 15) is 0 Å². The van der Waals surface area contributed by atoms with E-state index in [0.29, 0.717) is 19.3 Å². The van der Waals surface area contributed by atoms with E-state index in [2.05, 4.69) is 65.3 Å². The average Bonchev–Trinajstić information content (AvgIpc) is 3.24. The van der Waals surface area contributed by atoms with Crippen LogP contribution in [0.5, 0.6) is 0 Å². The molecule has 1 N–H and O–H groups in total. The molecule has 0 spiro atoms. The standard InChI is InChI=1S/C22H31N3O2S.HI/c1-3-23-22(25(2)15-20-10-13-28-17-20)24-14-18-4-6-19(7-5-18)16-27-21-8-11-26-12-9-21;/h4-7,10,13,17,21H,3,8-9,11-12,14-16H2,1-2H3,(H,23,24);1H. The molecule has 2 heterocycles. The van der Waals surface area contributed by atoms with E-state index in [1.165, 1.54) is 16.7 Å². The molecule has 3 rings (SSSR count). The van der Waals surface area contributed by atoms with Gasteiger partial charge in [-0.15, -0.1) is 24.0 Å². The third-order valence-corrected chi connectivity index (χ3v) is 5.52. The molecule has 0 saturated carbocycles. The van der Waals surface area contributed by atoms with Gasteiger partial charge >= 0.3 is 0 Å². The first-order chi connectivity index (χ1) is 13.7. The number of benzene rings is 1. The molecule has 0 radical (unpaired) electrons. The van der Waals surface area contributed by atoms with Crippen LogP contribution in [0, 0.1) is 0 Å². The number of rotatable bonds is 8. The van der Waals surface area contributed by atoms with Gasteiger partial charge in [0.15, 0.2) is 5.96 Å². The summed E-state index contributed by atoms with van der Waals surface area (Å²) in [7, 11) is 2.08. The van der Waals surface area contributed by atoms with Gasteiger partial charge in [0.2, 0.25) is 0 Å². The Labute approximate surface area is 195 Å². The zero-order chi connectivity index (χ0) is 19.6. The molecular formula is C22H32IN3O2S. The highest BCUT2D eigenvalue weighted by molar-refractivity contribution is 14.0. The smallest absolute Gasteiger partial charge is 0.194 e. The van der Waals surface area contributed by atoms with Crippen LogP contribution in [0.25, 0.3) is 0 Å². The third kappa shape index (κ3) is 8.24. The second kappa shape index (κ2) is 13.2. The summed E-state index contributed by atoms with van der Waals surface area (Å²) in [6.07, 6.45) is 2.33. The van der Waals surface area contributed by atoms with E-state index in [-0.39, 0.29) is 24.0 Å². The van der Waals surface area contributed by atoms with Gasteiger partial charge in [-0.05, 0) is 53.3 Å². The van der Waals surface area contributed by atoms with Crippen molar-refractivity contribution in [2.75, 3.05) is 26.8 Å². The Morgan fingerprint density at radius 2 is 1.90 bits per heavy atom. The minimum absolute atomic E-state index is 0. The van der Waals surface area contributed by atoms with E-state index < -0.39 is 0 Å². The summed E-state index contributed by atoms with van der Waals surface area (Å²) >= 11 is 1.73. The monoisotopic (exact) mass is 529 g/mol. The fourth-order valence-corrected chi connectivity index (χ4v) is 3.82. The number of guanidine groups is 1. The van der Waals surface area contributed by atoms with E-state index in [0.717, 1.165) is 45.1 Å². The second-order valence-electron chi connectivity index (χ2n) is 7.10. The predicted molar refractivity (Wildman–Crippen MR) is 131 cm³/mol. The molecule has 1 fully saturated rings. The first kappa shape index (κ1) is 24.1. The van der Waals surface area contributed by atoms with Crippen molar-refractivity contribution < 1.29 is 9.47 Å². The molecule has 0 atom stereocenters. The molecule has 0 unspecified atom stereocenters. The van der Waals surface area contributed by atoms with Crippen molar-refractivity contribution in [1.82, 2.24) is 10.2 Å². The molecule has 0 aliphatic carbocycles. The number of ether oxygens (including phenoxy) is 2. The van der Waals surface area contributed by atoms with Crippen LogP contribution >= 0.6 is 35.3 Å². The fraction of sp³-hybridized carbons (Fsp3) is 0.500. The summed E-state index contributed by atoms with van der Waals surface area (Å²) in [6.45, 7) is 6.78. The van der Waals surface area contributed by atoms with Crippen LogP contribution in [-0.2, 0) is 29.2 Å². The summed E-state index contributed by atoms with van der Waals surface area (Å²) in [6, 6.07) is 10.7. The quantitative estimate of drug-likeness (QED) is 0.307. The molecule has 1 aliphatic rings. The Morgan fingerprint density at radius 3 is 2.55 bits per heavy atom. The van der Waals surface area contributed by atoms with Gasteiger partial charge in [-0.2, -0.15) is 11.3 Å². The van der Waals surface area contributed by atoms with Gasteiger partial charge in [0.1, 0.15) is 0 Å². The molecule has 5 nitrogen and oxygen atoms in total. The first-order valence-corrected chi connectivity index (χ1v) is 11.0. The number of hydrogen-bond donors (Lipinski definition) is 1. The van der Waals surface area contributed by atoms with Gasteiger partial charge in [-0.1, -0.05) is 24.3 Å². The molecule has 29 heavy (non-hydrogen) atoms. The molecule has 0 bridgehead atoms. The van der Waals surface area contributed by atoms with Gasteiger partial charge in [0, 0.05) is 33.4 Å². The molecule has 1 aromatic heterocycles. The number of aliphatic imine (C=N–C) groups is 1. The van der Waals surface area contributed by atoms with Crippen LogP contribution in [0.1, 0.15) is 36.5 Å². The van der Waals surface area contributed by atoms with Crippen LogP contribution in [-0.4, -0.2) is 43.8 Å². The maximum absolute atomic E-state index is 6.00. The highest BCUT2D eigenvalue weighted by atomic mass is 127. The Balaban J connectivity index is 0.00000300. The summed E-state index contributed by atoms with van der Waals surface area (Å²) in [5, 5.41) is 7.68. The maximum atomic E-state index is 6.00. The van der Waals surface area contributed by atoms with Crippen LogP contribution in [0.15, 0.2) is 46.1 Å². The third-order valence-electron chi connectivity index (χ3n) is 4.78. The van der Waals surface area contributed by atoms with Gasteiger partial charge in [-0.3, -0.25) is 0 Å². The average molecular weight is 529 g/mol. The van der Waals surface area contributed by atoms with E-state index in [1.807, 2.05) is 0 Å². The van der Waals surface area contributed by atoms with Crippen LogP contribution in [0.2, 0.25) is 0 Å². The molecule has 1 aliphatic heterocycles. The lowest BCUT2D eigenvalue weighted by molar-refractivity contribution is -0.0390. The predicted octanol–water partition coefficient (Wildman–Crippen LogP) is 4.66. The molecular weight excluding hydrogens is 497 g/mol. The molecule has 0 amide bonds. The second-order valence-corrected chi connectivity index (χ2v) is 7.88. The van der Waals surface area contributed by atoms with Crippen molar-refractivity contribution in [1.29, 1.82) is 0 Å². The van der Waals surface area contributed by atoms with E-state index in [1.54, 1.807) is 11.3 Å². The minimum Gasteiger partial charge on any atom is -0.381 e. The molecule has 7 heteroatoms. The normalized spacial score (nSPS) is 15.0. The topological polar surface area (TPSA) is 46.1 Å². The van der Waals surface area contributed by atoms with Crippen molar-refractivity contribution in [2.24, 2.45) is 4.99 Å². The van der Waals surface area contributed by atoms with Crippen LogP contribution in [0.4, 0.5) is 0 Å². The lowest BCUT2D eigenvalue weighted by Crippen LogP contribution is -2.38. The summed E-state index contributed by atoms with van der Waals surface area (Å²) in [5.41, 5.74) is 3.72. The van der Waals surface area contributed by atoms with Crippen LogP contribution in [0.3, 0.4) is 0 Å². The van der Waals surface area contributed by atoms with Gasteiger partial charge in [0.25, 0.3) is 0 Å². The van der Waals surface area contributed by atoms with Crippen molar-refractivity contribution in [3.8, 4) is 0 Å². The fourth-order valence-electron chi connectivity index (χ4n) is 3.16. The Kier molecular flexibility index (Phi) is 11.0. The zero-order valence-corrected chi connectivity index (χ0v) is 20.4. The number of hydrogen-bond acceptors (Lipinski definition) is 4. The lowest BCUT2D eigenvalue weighted by atomic mass is 10.1. The summed E-state index contributed by atoms with van der Waals surface area (Å²) in [5.74, 6) is 0.931. The van der Waals surface area contributed by atoms with Gasteiger partial charge < -0.3 is 19.7 Å². The first-order valence-electron chi connectivity index (χ1n) is 10.0. The Bertz CT molecular complexity index is 716. The molecule has 1 aromatic carbocycles. The highest BCUT2D eigenvalue weighted by Gasteiger charge is 2.14. The van der Waals surface area contributed by atoms with Gasteiger partial charge in [0.05, 0.1) is 19.3 Å². The molecule has 1 saturated heterocycles. The largest absolute Gasteiger partial charge is 0.381 e. The maximum Gasteiger partial charge on any atom is 0.194 e. The van der Waals surface area contributed by atoms with Crippen molar-refractivity contribution >= 4 is 41.3 Å². The summed E-state index contributed by atoms with van der Waals surface area (Å²) < 4.78 is 11.4. The van der Waals surface area contributed by atoms with Crippen molar-refractivity contribution in [2.45, 2.75) is 45.6 Å². The van der Waals surface area contributed by atoms with Crippen LogP contribution < -0.4 is 5.32 Å².